The van der Waals surface area contributed by atoms with Crippen LogP contribution in [0.2, 0.25) is 5.02 Å². The van der Waals surface area contributed by atoms with Gasteiger partial charge in [0.05, 0.1) is 17.0 Å². The van der Waals surface area contributed by atoms with Crippen molar-refractivity contribution < 1.29 is 13.6 Å². The first-order chi connectivity index (χ1) is 14.4. The lowest BCUT2D eigenvalue weighted by molar-refractivity contribution is 0.0971. The zero-order valence-electron chi connectivity index (χ0n) is 15.9. The Labute approximate surface area is 176 Å². The maximum Gasteiger partial charge on any atom is 0.295 e. The van der Waals surface area contributed by atoms with Gasteiger partial charge in [-0.3, -0.25) is 14.5 Å². The highest BCUT2D eigenvalue weighted by molar-refractivity contribution is 6.30. The Kier molecular flexibility index (Phi) is 4.22. The van der Waals surface area contributed by atoms with Crippen molar-refractivity contribution in [3.8, 4) is 0 Å². The number of hydrogen-bond acceptors (Lipinski definition) is 3. The Morgan fingerprint density at radius 1 is 0.967 bits per heavy atom. The molecule has 0 saturated heterocycles. The molecule has 1 aliphatic heterocycles. The third-order valence-corrected chi connectivity index (χ3v) is 5.58. The van der Waals surface area contributed by atoms with Gasteiger partial charge in [-0.1, -0.05) is 41.4 Å². The zero-order chi connectivity index (χ0) is 21.0. The molecule has 1 amide bonds. The number of benzene rings is 3. The van der Waals surface area contributed by atoms with Crippen molar-refractivity contribution in [2.45, 2.75) is 13.0 Å². The molecule has 6 heteroatoms. The highest BCUT2D eigenvalue weighted by Gasteiger charge is 2.43. The van der Waals surface area contributed by atoms with Gasteiger partial charge < -0.3 is 4.42 Å². The molecule has 2 heterocycles. The van der Waals surface area contributed by atoms with Crippen molar-refractivity contribution >= 4 is 34.2 Å². The Balaban J connectivity index is 1.81. The van der Waals surface area contributed by atoms with Crippen LogP contribution < -0.4 is 10.3 Å². The van der Waals surface area contributed by atoms with E-state index in [2.05, 4.69) is 0 Å². The quantitative estimate of drug-likeness (QED) is 0.422. The summed E-state index contributed by atoms with van der Waals surface area (Å²) in [6.45, 7) is 1.95. The summed E-state index contributed by atoms with van der Waals surface area (Å²) in [6.07, 6.45) is 0. The van der Waals surface area contributed by atoms with Crippen LogP contribution in [0.15, 0.2) is 75.9 Å². The topological polar surface area (TPSA) is 50.5 Å². The van der Waals surface area contributed by atoms with Crippen LogP contribution in [0.4, 0.5) is 10.1 Å². The Morgan fingerprint density at radius 2 is 1.67 bits per heavy atom. The summed E-state index contributed by atoms with van der Waals surface area (Å²) in [6, 6.07) is 17.4. The largest absolute Gasteiger partial charge is 0.450 e. The summed E-state index contributed by atoms with van der Waals surface area (Å²) in [5, 5.41) is 0.643. The molecule has 3 aromatic carbocycles. The molecule has 1 unspecified atom stereocenters. The molecule has 148 valence electrons. The number of carbonyl (C=O) groups is 1. The number of carbonyl (C=O) groups excluding carboxylic acids is 1. The normalized spacial score (nSPS) is 15.6. The number of anilines is 1. The van der Waals surface area contributed by atoms with Crippen LogP contribution in [0.1, 0.15) is 33.3 Å². The average molecular weight is 420 g/mol. The van der Waals surface area contributed by atoms with E-state index in [4.69, 9.17) is 16.0 Å². The highest BCUT2D eigenvalue weighted by atomic mass is 35.5. The molecule has 1 aromatic heterocycles. The summed E-state index contributed by atoms with van der Waals surface area (Å²) in [4.78, 5) is 28.3. The molecule has 0 aliphatic carbocycles. The lowest BCUT2D eigenvalue weighted by Gasteiger charge is -2.25. The fourth-order valence-electron chi connectivity index (χ4n) is 3.88. The monoisotopic (exact) mass is 419 g/mol. The van der Waals surface area contributed by atoms with E-state index in [1.54, 1.807) is 24.3 Å². The van der Waals surface area contributed by atoms with Gasteiger partial charge in [-0.25, -0.2) is 4.39 Å². The summed E-state index contributed by atoms with van der Waals surface area (Å²) < 4.78 is 19.6. The van der Waals surface area contributed by atoms with Crippen LogP contribution in [-0.2, 0) is 0 Å². The number of amides is 1. The first kappa shape index (κ1) is 18.6. The van der Waals surface area contributed by atoms with Gasteiger partial charge in [-0.15, -0.1) is 0 Å². The van der Waals surface area contributed by atoms with Gasteiger partial charge in [0.2, 0.25) is 5.76 Å². The van der Waals surface area contributed by atoms with E-state index in [9.17, 15) is 14.0 Å². The van der Waals surface area contributed by atoms with Crippen LogP contribution in [-0.4, -0.2) is 5.91 Å². The van der Waals surface area contributed by atoms with Gasteiger partial charge in [-0.2, -0.15) is 0 Å². The number of rotatable bonds is 2. The average Bonchev–Trinajstić information content (AvgIpc) is 3.03. The van der Waals surface area contributed by atoms with E-state index in [-0.39, 0.29) is 22.3 Å². The third kappa shape index (κ3) is 2.82. The van der Waals surface area contributed by atoms with Gasteiger partial charge in [-0.05, 0) is 55.0 Å². The van der Waals surface area contributed by atoms with Crippen LogP contribution in [0.5, 0.6) is 0 Å². The summed E-state index contributed by atoms with van der Waals surface area (Å²) in [7, 11) is 0. The van der Waals surface area contributed by atoms with E-state index >= 15 is 0 Å². The van der Waals surface area contributed by atoms with Crippen molar-refractivity contribution in [1.29, 1.82) is 0 Å². The SMILES string of the molecule is Cc1ccc(N2C(=O)c3oc4ccc(F)cc4c(=O)c3C2c2ccc(Cl)cc2)cc1. The summed E-state index contributed by atoms with van der Waals surface area (Å²) in [5.41, 5.74) is 2.33. The first-order valence-electron chi connectivity index (χ1n) is 9.36. The molecular formula is C24H15ClFNO3. The number of halogens is 2. The number of fused-ring (bicyclic) bond motifs is 2. The standard InChI is InChI=1S/C24H15ClFNO3/c1-13-2-9-17(10-3-13)27-21(14-4-6-15(25)7-5-14)20-22(28)18-12-16(26)8-11-19(18)30-23(20)24(27)29/h2-12,21H,1H3. The fraction of sp³-hybridized carbons (Fsp3) is 0.0833. The lowest BCUT2D eigenvalue weighted by atomic mass is 9.98. The molecule has 4 aromatic rings. The van der Waals surface area contributed by atoms with Crippen LogP contribution in [0.3, 0.4) is 0 Å². The van der Waals surface area contributed by atoms with Crippen LogP contribution in [0.25, 0.3) is 11.0 Å². The maximum absolute atomic E-state index is 13.8. The second-order valence-electron chi connectivity index (χ2n) is 7.28. The maximum atomic E-state index is 13.8. The predicted octanol–water partition coefficient (Wildman–Crippen LogP) is 5.64. The molecule has 0 fully saturated rings. The van der Waals surface area contributed by atoms with Gasteiger partial charge in [0.15, 0.2) is 5.43 Å². The summed E-state index contributed by atoms with van der Waals surface area (Å²) >= 11 is 6.04. The molecule has 1 atom stereocenters. The molecule has 5 rings (SSSR count). The number of nitrogens with zero attached hydrogens (tertiary/aromatic N) is 1. The minimum absolute atomic E-state index is 0.0281. The van der Waals surface area contributed by atoms with Crippen molar-refractivity contribution in [3.63, 3.8) is 0 Å². The molecule has 4 nitrogen and oxygen atoms in total. The second-order valence-corrected chi connectivity index (χ2v) is 7.72. The number of hydrogen-bond donors (Lipinski definition) is 0. The molecule has 0 saturated carbocycles. The van der Waals surface area contributed by atoms with E-state index < -0.39 is 23.2 Å². The molecule has 0 bridgehead atoms. The van der Waals surface area contributed by atoms with Gasteiger partial charge in [0.1, 0.15) is 11.4 Å². The Bertz CT molecular complexity index is 1360. The first-order valence-corrected chi connectivity index (χ1v) is 9.74. The minimum Gasteiger partial charge on any atom is -0.450 e. The second kappa shape index (κ2) is 6.82. The van der Waals surface area contributed by atoms with Crippen molar-refractivity contribution in [2.75, 3.05) is 4.90 Å². The van der Waals surface area contributed by atoms with Crippen molar-refractivity contribution in [3.05, 3.63) is 110 Å². The molecule has 0 N–H and O–H groups in total. The highest BCUT2D eigenvalue weighted by Crippen LogP contribution is 2.41. The zero-order valence-corrected chi connectivity index (χ0v) is 16.6. The van der Waals surface area contributed by atoms with Crippen LogP contribution >= 0.6 is 11.6 Å². The molecule has 30 heavy (non-hydrogen) atoms. The van der Waals surface area contributed by atoms with E-state index in [0.717, 1.165) is 11.6 Å². The lowest BCUT2D eigenvalue weighted by Crippen LogP contribution is -2.29. The smallest absolute Gasteiger partial charge is 0.295 e. The van der Waals surface area contributed by atoms with E-state index in [0.29, 0.717) is 16.3 Å². The van der Waals surface area contributed by atoms with Crippen LogP contribution in [0, 0.1) is 12.7 Å². The van der Waals surface area contributed by atoms with E-state index in [1.807, 2.05) is 31.2 Å². The Morgan fingerprint density at radius 3 is 2.37 bits per heavy atom. The molecule has 0 radical (unpaired) electrons. The predicted molar refractivity (Wildman–Crippen MR) is 114 cm³/mol. The summed E-state index contributed by atoms with van der Waals surface area (Å²) in [5.74, 6) is -0.991. The molecular weight excluding hydrogens is 405 g/mol. The minimum atomic E-state index is -0.712. The van der Waals surface area contributed by atoms with Gasteiger partial charge >= 0.3 is 0 Å². The van der Waals surface area contributed by atoms with E-state index in [1.165, 1.54) is 17.0 Å². The molecule has 1 aliphatic rings. The van der Waals surface area contributed by atoms with Crippen molar-refractivity contribution in [1.82, 2.24) is 0 Å². The van der Waals surface area contributed by atoms with Gasteiger partial charge in [0, 0.05) is 10.7 Å². The Hall–Kier alpha value is -3.44. The van der Waals surface area contributed by atoms with Crippen molar-refractivity contribution in [2.24, 2.45) is 0 Å². The fourth-order valence-corrected chi connectivity index (χ4v) is 4.00. The molecule has 0 spiro atoms. The number of aryl methyl sites for hydroxylation is 1. The third-order valence-electron chi connectivity index (χ3n) is 5.33. The van der Waals surface area contributed by atoms with Gasteiger partial charge in [0.25, 0.3) is 5.91 Å².